The lowest BCUT2D eigenvalue weighted by Gasteiger charge is -2.26. The van der Waals surface area contributed by atoms with E-state index in [0.717, 1.165) is 12.2 Å². The Morgan fingerprint density at radius 3 is 2.00 bits per heavy atom. The maximum atomic E-state index is 12.0. The fourth-order valence-corrected chi connectivity index (χ4v) is 3.61. The molecule has 154 valence electrons. The molecule has 1 unspecified atom stereocenters. The van der Waals surface area contributed by atoms with E-state index in [1.165, 1.54) is 0 Å². The summed E-state index contributed by atoms with van der Waals surface area (Å²) in [5.41, 5.74) is -0.443. The van der Waals surface area contributed by atoms with Crippen LogP contribution in [0, 0.1) is 5.92 Å². The Balaban J connectivity index is 0.000000758. The average molecular weight is 387 g/mol. The van der Waals surface area contributed by atoms with Crippen LogP contribution in [0.25, 0.3) is 0 Å². The molecule has 1 aliphatic rings. The molecule has 26 heavy (non-hydrogen) atoms. The Hall–Kier alpha value is -1.01. The quantitative estimate of drug-likeness (QED) is 0.533. The van der Waals surface area contributed by atoms with Gasteiger partial charge in [0.1, 0.15) is 5.60 Å². The second-order valence-electron chi connectivity index (χ2n) is 9.57. The number of nitrogens with zero attached hydrogens (tertiary/aromatic N) is 1. The van der Waals surface area contributed by atoms with Gasteiger partial charge in [-0.1, -0.05) is 34.3 Å². The molecule has 0 radical (unpaired) electrons. The maximum absolute atomic E-state index is 12.0. The molecule has 1 amide bonds. The Morgan fingerprint density at radius 1 is 1.15 bits per heavy atom. The highest BCUT2D eigenvalue weighted by molar-refractivity contribution is 6.70. The second-order valence-corrected chi connectivity index (χ2v) is 14.0. The monoisotopic (exact) mass is 386 g/mol. The predicted octanol–water partition coefficient (Wildman–Crippen LogP) is 5.00. The van der Waals surface area contributed by atoms with Crippen molar-refractivity contribution >= 4 is 14.4 Å². The molecule has 0 bridgehead atoms. The number of rotatable bonds is 5. The predicted molar refractivity (Wildman–Crippen MR) is 113 cm³/mol. The van der Waals surface area contributed by atoms with Gasteiger partial charge in [0, 0.05) is 31.1 Å². The molecule has 1 fully saturated rings. The molecule has 0 aromatic heterocycles. The molecule has 6 heteroatoms. The molecule has 1 rings (SSSR count). The number of nitrogens with one attached hydrogen (secondary N) is 1. The van der Waals surface area contributed by atoms with Crippen LogP contribution in [0.2, 0.25) is 19.6 Å². The fraction of sp³-hybridized carbons (Fsp3) is 0.850. The van der Waals surface area contributed by atoms with E-state index in [4.69, 9.17) is 9.16 Å². The third-order valence-electron chi connectivity index (χ3n) is 3.40. The van der Waals surface area contributed by atoms with Crippen LogP contribution in [-0.2, 0) is 9.16 Å². The van der Waals surface area contributed by atoms with Gasteiger partial charge in [-0.2, -0.15) is 0 Å². The number of carbonyl (C=O) groups is 1. The first-order chi connectivity index (χ1) is 11.6. The number of ether oxygens (including phenoxy) is 1. The van der Waals surface area contributed by atoms with E-state index in [2.05, 4.69) is 59.2 Å². The van der Waals surface area contributed by atoms with Gasteiger partial charge in [-0.15, -0.1) is 0 Å². The first kappa shape index (κ1) is 25.0. The van der Waals surface area contributed by atoms with Crippen molar-refractivity contribution in [2.45, 2.75) is 92.2 Å². The molecule has 0 aliphatic carbocycles. The Kier molecular flexibility index (Phi) is 9.95. The highest BCUT2D eigenvalue weighted by Gasteiger charge is 2.33. The normalized spacial score (nSPS) is 17.8. The summed E-state index contributed by atoms with van der Waals surface area (Å²) in [7, 11) is -1.61. The number of hydrogen-bond donors (Lipinski definition) is 1. The first-order valence-corrected chi connectivity index (χ1v) is 13.1. The van der Waals surface area contributed by atoms with Crippen LogP contribution in [0.1, 0.15) is 54.9 Å². The minimum Gasteiger partial charge on any atom is -0.548 e. The van der Waals surface area contributed by atoms with Crippen molar-refractivity contribution < 1.29 is 14.0 Å². The molecular formula is C20H42N2O3Si. The van der Waals surface area contributed by atoms with Crippen molar-refractivity contribution in [3.63, 3.8) is 0 Å². The third kappa shape index (κ3) is 12.4. The van der Waals surface area contributed by atoms with Crippen LogP contribution >= 0.6 is 0 Å². The molecule has 1 heterocycles. The van der Waals surface area contributed by atoms with E-state index in [1.54, 1.807) is 4.90 Å². The molecule has 1 saturated heterocycles. The second kappa shape index (κ2) is 10.4. The van der Waals surface area contributed by atoms with Crippen molar-refractivity contribution in [1.82, 2.24) is 10.2 Å². The lowest BCUT2D eigenvalue weighted by molar-refractivity contribution is 0.0289. The van der Waals surface area contributed by atoms with Crippen molar-refractivity contribution in [2.24, 2.45) is 5.92 Å². The molecule has 5 nitrogen and oxygen atoms in total. The Bertz CT molecular complexity index is 411. The van der Waals surface area contributed by atoms with Crippen LogP contribution in [0.4, 0.5) is 4.79 Å². The topological polar surface area (TPSA) is 50.8 Å². The lowest BCUT2D eigenvalue weighted by Crippen LogP contribution is -2.35. The van der Waals surface area contributed by atoms with Crippen LogP contribution < -0.4 is 5.32 Å². The van der Waals surface area contributed by atoms with Crippen molar-refractivity contribution in [1.29, 1.82) is 0 Å². The van der Waals surface area contributed by atoms with Crippen LogP contribution in [0.15, 0.2) is 12.3 Å². The average Bonchev–Trinajstić information content (AvgIpc) is 2.82. The molecule has 1 N–H and O–H groups in total. The molecule has 0 aromatic rings. The zero-order chi connectivity index (χ0) is 20.7. The lowest BCUT2D eigenvalue weighted by atomic mass is 10.1. The van der Waals surface area contributed by atoms with Gasteiger partial charge in [-0.25, -0.2) is 4.79 Å². The molecule has 1 atom stereocenters. The molecular weight excluding hydrogens is 344 g/mol. The summed E-state index contributed by atoms with van der Waals surface area (Å²) >= 11 is 0. The standard InChI is InChI=1S/C14H27NO3Si.C6H15N/c1-11(18-19(5,6)7)12-8-9-15(10-12)13(16)17-14(2,3)4;1-5(2)7-6(3)4/h12H,1,8-10H2,2-7H3;5-7H,1-4H3. The summed E-state index contributed by atoms with van der Waals surface area (Å²) in [6, 6.07) is 1.25. The van der Waals surface area contributed by atoms with Crippen LogP contribution in [0.3, 0.4) is 0 Å². The summed E-state index contributed by atoms with van der Waals surface area (Å²) in [6.07, 6.45) is 0.665. The van der Waals surface area contributed by atoms with Crippen LogP contribution in [-0.4, -0.2) is 50.1 Å². The van der Waals surface area contributed by atoms with Gasteiger partial charge in [0.25, 0.3) is 0 Å². The highest BCUT2D eigenvalue weighted by atomic mass is 28.4. The fourth-order valence-electron chi connectivity index (χ4n) is 2.66. The van der Waals surface area contributed by atoms with E-state index in [-0.39, 0.29) is 12.0 Å². The molecule has 0 aromatic carbocycles. The van der Waals surface area contributed by atoms with Gasteiger partial charge in [0.2, 0.25) is 8.32 Å². The van der Waals surface area contributed by atoms with Crippen molar-refractivity contribution in [3.05, 3.63) is 12.3 Å². The van der Waals surface area contributed by atoms with Crippen molar-refractivity contribution in [2.75, 3.05) is 13.1 Å². The van der Waals surface area contributed by atoms with E-state index in [9.17, 15) is 4.79 Å². The largest absolute Gasteiger partial charge is 0.548 e. The SMILES string of the molecule is C=C(O[Si](C)(C)C)C1CCN(C(=O)OC(C)(C)C)C1.CC(C)NC(C)C. The van der Waals surface area contributed by atoms with E-state index >= 15 is 0 Å². The smallest absolute Gasteiger partial charge is 0.410 e. The maximum Gasteiger partial charge on any atom is 0.410 e. The van der Waals surface area contributed by atoms with Gasteiger partial charge in [0.05, 0.1) is 5.76 Å². The summed E-state index contributed by atoms with van der Waals surface area (Å²) in [5.74, 6) is 1.06. The van der Waals surface area contributed by atoms with Gasteiger partial charge in [-0.3, -0.25) is 0 Å². The van der Waals surface area contributed by atoms with E-state index < -0.39 is 13.9 Å². The number of amides is 1. The van der Waals surface area contributed by atoms with Crippen molar-refractivity contribution in [3.8, 4) is 0 Å². The number of hydrogen-bond acceptors (Lipinski definition) is 4. The molecule has 0 saturated carbocycles. The number of carbonyl (C=O) groups excluding carboxylic acids is 1. The van der Waals surface area contributed by atoms with E-state index in [0.29, 0.717) is 25.2 Å². The van der Waals surface area contributed by atoms with Gasteiger partial charge >= 0.3 is 6.09 Å². The van der Waals surface area contributed by atoms with E-state index in [1.807, 2.05) is 20.8 Å². The van der Waals surface area contributed by atoms with Gasteiger partial charge in [0.15, 0.2) is 0 Å². The zero-order valence-electron chi connectivity index (χ0n) is 18.7. The summed E-state index contributed by atoms with van der Waals surface area (Å²) < 4.78 is 11.3. The summed E-state index contributed by atoms with van der Waals surface area (Å²) in [6.45, 7) is 26.1. The summed E-state index contributed by atoms with van der Waals surface area (Å²) in [5, 5.41) is 3.31. The molecule has 1 aliphatic heterocycles. The minimum absolute atomic E-state index is 0.235. The number of likely N-dealkylation sites (tertiary alicyclic amines) is 1. The third-order valence-corrected chi connectivity index (χ3v) is 4.27. The zero-order valence-corrected chi connectivity index (χ0v) is 19.7. The van der Waals surface area contributed by atoms with Crippen LogP contribution in [0.5, 0.6) is 0 Å². The first-order valence-electron chi connectivity index (χ1n) is 9.72. The highest BCUT2D eigenvalue weighted by Crippen LogP contribution is 2.27. The Labute approximate surface area is 162 Å². The summed E-state index contributed by atoms with van der Waals surface area (Å²) in [4.78, 5) is 13.7. The Morgan fingerprint density at radius 2 is 1.65 bits per heavy atom. The van der Waals surface area contributed by atoms with Gasteiger partial charge in [-0.05, 0) is 46.8 Å². The van der Waals surface area contributed by atoms with Gasteiger partial charge < -0.3 is 19.4 Å². The minimum atomic E-state index is -1.61. The molecule has 0 spiro atoms.